The van der Waals surface area contributed by atoms with Crippen LogP contribution < -0.4 is 37.2 Å². The molecule has 0 amide bonds. The van der Waals surface area contributed by atoms with Gasteiger partial charge in [-0.05, 0) is 6.42 Å². The van der Waals surface area contributed by atoms with Gasteiger partial charge in [-0.2, -0.15) is 29.8 Å². The first-order chi connectivity index (χ1) is 6.45. The van der Waals surface area contributed by atoms with E-state index >= 15 is 0 Å². The maximum Gasteiger partial charge on any atom is 4.00 e. The standard InChI is InChI=1S/C13H9.3ClH.Hf/c1-3-7-12-10(5-1)9-11-6-2-4-8-13(11)12;;;;/h1-5,7-8H,9H2;3*1H;/q-1;;;;+4/p-3. The molecule has 17 heavy (non-hydrogen) atoms. The molecule has 0 heterocycles. The normalized spacial score (nSPS) is 9.41. The summed E-state index contributed by atoms with van der Waals surface area (Å²) in [6.45, 7) is 0. The number of rotatable bonds is 0. The number of hydrogen-bond donors (Lipinski definition) is 0. The summed E-state index contributed by atoms with van der Waals surface area (Å²) in [7, 11) is 0. The molecule has 1 aliphatic rings. The molecule has 4 heteroatoms. The molecule has 0 radical (unpaired) electrons. The Kier molecular flexibility index (Phi) is 9.54. The molecular weight excluding hydrogens is 441 g/mol. The van der Waals surface area contributed by atoms with Crippen molar-refractivity contribution in [3.8, 4) is 11.1 Å². The summed E-state index contributed by atoms with van der Waals surface area (Å²) in [4.78, 5) is 0. The maximum atomic E-state index is 3.30. The van der Waals surface area contributed by atoms with Crippen LogP contribution in [0.15, 0.2) is 42.5 Å². The molecule has 0 N–H and O–H groups in total. The minimum absolute atomic E-state index is 0. The Morgan fingerprint density at radius 1 is 0.824 bits per heavy atom. The van der Waals surface area contributed by atoms with E-state index in [1.807, 2.05) is 6.07 Å². The second kappa shape index (κ2) is 8.31. The van der Waals surface area contributed by atoms with Crippen molar-refractivity contribution in [1.82, 2.24) is 0 Å². The average Bonchev–Trinajstić information content (AvgIpc) is 2.56. The first kappa shape index (κ1) is 19.5. The van der Waals surface area contributed by atoms with E-state index in [-0.39, 0.29) is 63.1 Å². The van der Waals surface area contributed by atoms with Gasteiger partial charge in [0.1, 0.15) is 0 Å². The molecule has 0 atom stereocenters. The van der Waals surface area contributed by atoms with Gasteiger partial charge in [-0.15, -0.1) is 5.56 Å². The van der Waals surface area contributed by atoms with Crippen molar-refractivity contribution < 1.29 is 63.1 Å². The number of benzene rings is 2. The van der Waals surface area contributed by atoms with Gasteiger partial charge in [0, 0.05) is 0 Å². The third kappa shape index (κ3) is 3.57. The molecule has 0 bridgehead atoms. The van der Waals surface area contributed by atoms with Crippen molar-refractivity contribution in [3.63, 3.8) is 0 Å². The second-order valence-electron chi connectivity index (χ2n) is 3.40. The summed E-state index contributed by atoms with van der Waals surface area (Å²) in [6.07, 6.45) is 1.05. The van der Waals surface area contributed by atoms with Crippen molar-refractivity contribution >= 4 is 0 Å². The van der Waals surface area contributed by atoms with E-state index in [1.54, 1.807) is 0 Å². The van der Waals surface area contributed by atoms with Gasteiger partial charge in [0.2, 0.25) is 0 Å². The molecule has 0 unspecified atom stereocenters. The Labute approximate surface area is 139 Å². The van der Waals surface area contributed by atoms with Gasteiger partial charge >= 0.3 is 25.8 Å². The fourth-order valence-corrected chi connectivity index (χ4v) is 2.00. The van der Waals surface area contributed by atoms with Gasteiger partial charge in [-0.3, -0.25) is 0 Å². The van der Waals surface area contributed by atoms with Gasteiger partial charge in [0.15, 0.2) is 0 Å². The SMILES string of the molecule is [Cl-].[Cl-].[Cl-].[Hf+4].[c-]1cccc2c1Cc1ccccc1-2. The van der Waals surface area contributed by atoms with E-state index in [0.717, 1.165) is 6.42 Å². The van der Waals surface area contributed by atoms with E-state index in [0.29, 0.717) is 0 Å². The van der Waals surface area contributed by atoms with Crippen molar-refractivity contribution in [1.29, 1.82) is 0 Å². The first-order valence-corrected chi connectivity index (χ1v) is 4.53. The maximum absolute atomic E-state index is 3.30. The summed E-state index contributed by atoms with van der Waals surface area (Å²) < 4.78 is 0. The predicted octanol–water partition coefficient (Wildman–Crippen LogP) is -5.93. The predicted molar refractivity (Wildman–Crippen MR) is 53.5 cm³/mol. The van der Waals surface area contributed by atoms with Gasteiger partial charge in [0.05, 0.1) is 0 Å². The molecule has 86 valence electrons. The van der Waals surface area contributed by atoms with Crippen LogP contribution in [0.1, 0.15) is 11.1 Å². The second-order valence-corrected chi connectivity index (χ2v) is 3.40. The molecule has 0 aliphatic heterocycles. The topological polar surface area (TPSA) is 0 Å². The summed E-state index contributed by atoms with van der Waals surface area (Å²) in [6, 6.07) is 18.1. The Balaban J connectivity index is 0. The Morgan fingerprint density at radius 3 is 2.24 bits per heavy atom. The van der Waals surface area contributed by atoms with E-state index in [2.05, 4.69) is 42.5 Å². The Bertz CT molecular complexity index is 428. The molecule has 0 spiro atoms. The molecular formula is C13H9Cl3Hf. The number of halogens is 3. The third-order valence-corrected chi connectivity index (χ3v) is 2.62. The van der Waals surface area contributed by atoms with Crippen LogP contribution in [-0.2, 0) is 32.3 Å². The smallest absolute Gasteiger partial charge is 1.00 e. The molecule has 2 aromatic carbocycles. The summed E-state index contributed by atoms with van der Waals surface area (Å²) in [5.74, 6) is 0. The van der Waals surface area contributed by atoms with Gasteiger partial charge in [-0.1, -0.05) is 35.4 Å². The Hall–Kier alpha value is 0.180. The summed E-state index contributed by atoms with van der Waals surface area (Å²) in [5.41, 5.74) is 5.51. The van der Waals surface area contributed by atoms with Crippen LogP contribution >= 0.6 is 0 Å². The molecule has 1 aliphatic carbocycles. The molecule has 0 fully saturated rings. The van der Waals surface area contributed by atoms with Crippen molar-refractivity contribution in [3.05, 3.63) is 59.7 Å². The zero-order chi connectivity index (χ0) is 8.67. The number of fused-ring (bicyclic) bond motifs is 3. The molecule has 0 saturated carbocycles. The zero-order valence-electron chi connectivity index (χ0n) is 8.88. The van der Waals surface area contributed by atoms with E-state index in [4.69, 9.17) is 0 Å². The van der Waals surface area contributed by atoms with Crippen LogP contribution in [0.2, 0.25) is 0 Å². The molecule has 0 saturated heterocycles. The summed E-state index contributed by atoms with van der Waals surface area (Å²) >= 11 is 0. The van der Waals surface area contributed by atoms with Gasteiger partial charge in [-0.25, -0.2) is 0 Å². The van der Waals surface area contributed by atoms with Crippen LogP contribution in [0.4, 0.5) is 0 Å². The number of hydrogen-bond acceptors (Lipinski definition) is 0. The third-order valence-electron chi connectivity index (χ3n) is 2.62. The van der Waals surface area contributed by atoms with E-state index in [9.17, 15) is 0 Å². The molecule has 0 nitrogen and oxygen atoms in total. The minimum atomic E-state index is 0. The fraction of sp³-hybridized carbons (Fsp3) is 0.0769. The quantitative estimate of drug-likeness (QED) is 0.237. The van der Waals surface area contributed by atoms with Crippen LogP contribution in [0, 0.1) is 6.07 Å². The van der Waals surface area contributed by atoms with Crippen molar-refractivity contribution in [2.24, 2.45) is 0 Å². The average molecular weight is 450 g/mol. The first-order valence-electron chi connectivity index (χ1n) is 4.53. The van der Waals surface area contributed by atoms with E-state index in [1.165, 1.54) is 22.3 Å². The molecule has 3 rings (SSSR count). The Morgan fingerprint density at radius 2 is 1.47 bits per heavy atom. The summed E-state index contributed by atoms with van der Waals surface area (Å²) in [5, 5.41) is 0. The van der Waals surface area contributed by atoms with Crippen LogP contribution in [0.3, 0.4) is 0 Å². The monoisotopic (exact) mass is 450 g/mol. The van der Waals surface area contributed by atoms with E-state index < -0.39 is 0 Å². The van der Waals surface area contributed by atoms with Gasteiger partial charge < -0.3 is 37.2 Å². The van der Waals surface area contributed by atoms with Crippen LogP contribution in [0.25, 0.3) is 11.1 Å². The largest absolute Gasteiger partial charge is 4.00 e. The molecule has 0 aromatic heterocycles. The van der Waals surface area contributed by atoms with Gasteiger partial charge in [0.25, 0.3) is 0 Å². The van der Waals surface area contributed by atoms with Crippen molar-refractivity contribution in [2.75, 3.05) is 0 Å². The molecule has 2 aromatic rings. The van der Waals surface area contributed by atoms with Crippen LogP contribution in [0.5, 0.6) is 0 Å². The van der Waals surface area contributed by atoms with Crippen LogP contribution in [-0.4, -0.2) is 0 Å². The zero-order valence-corrected chi connectivity index (χ0v) is 14.7. The minimum Gasteiger partial charge on any atom is -1.00 e. The van der Waals surface area contributed by atoms with Crippen molar-refractivity contribution in [2.45, 2.75) is 6.42 Å². The fourth-order valence-electron chi connectivity index (χ4n) is 2.00.